The number of sulfone groups is 1. The summed E-state index contributed by atoms with van der Waals surface area (Å²) in [6, 6.07) is 0.829. The number of piperazine rings is 1. The number of aliphatic imine (C=N–C) groups is 1. The van der Waals surface area contributed by atoms with Gasteiger partial charge in [-0.25, -0.2) is 8.42 Å². The van der Waals surface area contributed by atoms with Crippen molar-refractivity contribution in [2.24, 2.45) is 22.2 Å². The van der Waals surface area contributed by atoms with Crippen molar-refractivity contribution in [3.05, 3.63) is 0 Å². The number of fused-ring (bicyclic) bond motifs is 2. The first-order valence-electron chi connectivity index (χ1n) is 11.1. The topological polar surface area (TPSA) is 65.0 Å². The molecule has 0 aromatic carbocycles. The lowest BCUT2D eigenvalue weighted by Crippen LogP contribution is -2.55. The molecule has 6 nitrogen and oxygen atoms in total. The van der Waals surface area contributed by atoms with E-state index >= 15 is 0 Å². The fourth-order valence-electron chi connectivity index (χ4n) is 5.18. The van der Waals surface area contributed by atoms with Crippen LogP contribution in [0, 0.1) is 17.3 Å². The van der Waals surface area contributed by atoms with Gasteiger partial charge in [-0.15, -0.1) is 24.0 Å². The summed E-state index contributed by atoms with van der Waals surface area (Å²) in [6.45, 7) is 12.2. The number of nitrogens with one attached hydrogen (secondary N) is 1. The molecule has 3 rings (SSSR count). The molecule has 0 radical (unpaired) electrons. The predicted molar refractivity (Wildman–Crippen MR) is 132 cm³/mol. The molecule has 1 saturated heterocycles. The van der Waals surface area contributed by atoms with Crippen LogP contribution in [0.1, 0.15) is 52.9 Å². The van der Waals surface area contributed by atoms with Crippen molar-refractivity contribution in [3.63, 3.8) is 0 Å². The molecule has 8 heteroatoms. The Labute approximate surface area is 195 Å². The van der Waals surface area contributed by atoms with E-state index in [1.54, 1.807) is 0 Å². The predicted octanol–water partition coefficient (Wildman–Crippen LogP) is 2.84. The van der Waals surface area contributed by atoms with Crippen molar-refractivity contribution < 1.29 is 8.42 Å². The van der Waals surface area contributed by atoms with Crippen molar-refractivity contribution in [1.29, 1.82) is 0 Å². The monoisotopic (exact) mass is 540 g/mol. The molecule has 3 atom stereocenters. The van der Waals surface area contributed by atoms with Gasteiger partial charge in [0.05, 0.1) is 5.75 Å². The highest BCUT2D eigenvalue weighted by molar-refractivity contribution is 14.0. The molecule has 0 aromatic rings. The van der Waals surface area contributed by atoms with Crippen molar-refractivity contribution in [1.82, 2.24) is 15.1 Å². The fraction of sp³-hybridized carbons (Fsp3) is 0.952. The Morgan fingerprint density at radius 1 is 1.14 bits per heavy atom. The highest BCUT2D eigenvalue weighted by Gasteiger charge is 2.42. The third-order valence-corrected chi connectivity index (χ3v) is 7.87. The van der Waals surface area contributed by atoms with E-state index in [-0.39, 0.29) is 35.1 Å². The summed E-state index contributed by atoms with van der Waals surface area (Å²) in [5, 5.41) is 3.45. The number of rotatable bonds is 7. The molecular weight excluding hydrogens is 499 g/mol. The first-order chi connectivity index (χ1) is 13.2. The quantitative estimate of drug-likeness (QED) is 0.306. The van der Waals surface area contributed by atoms with Gasteiger partial charge in [0.25, 0.3) is 0 Å². The lowest BCUT2D eigenvalue weighted by atomic mass is 9.90. The van der Waals surface area contributed by atoms with Gasteiger partial charge in [0.1, 0.15) is 9.84 Å². The van der Waals surface area contributed by atoms with Gasteiger partial charge in [0.15, 0.2) is 5.96 Å². The third-order valence-electron chi connectivity index (χ3n) is 6.92. The van der Waals surface area contributed by atoms with Crippen LogP contribution in [-0.4, -0.2) is 81.5 Å². The molecule has 3 fully saturated rings. The molecule has 2 aliphatic carbocycles. The van der Waals surface area contributed by atoms with E-state index in [2.05, 4.69) is 35.9 Å². The molecule has 3 unspecified atom stereocenters. The lowest BCUT2D eigenvalue weighted by molar-refractivity contribution is 0.0957. The molecule has 0 spiro atoms. The van der Waals surface area contributed by atoms with Crippen molar-refractivity contribution >= 4 is 39.8 Å². The SMILES string of the molecule is CCNC(=NCC(C)(C)CCS(C)(=O)=O)N1CCN(C2CC3CCC2C3)CC1.I. The van der Waals surface area contributed by atoms with Crippen LogP contribution in [-0.2, 0) is 9.84 Å². The molecule has 1 N–H and O–H groups in total. The van der Waals surface area contributed by atoms with E-state index in [0.717, 1.165) is 56.6 Å². The fourth-order valence-corrected chi connectivity index (χ4v) is 6.10. The van der Waals surface area contributed by atoms with E-state index < -0.39 is 9.84 Å². The van der Waals surface area contributed by atoms with E-state index in [4.69, 9.17) is 4.99 Å². The van der Waals surface area contributed by atoms with Crippen LogP contribution in [0.4, 0.5) is 0 Å². The van der Waals surface area contributed by atoms with Gasteiger partial charge in [-0.2, -0.15) is 0 Å². The summed E-state index contributed by atoms with van der Waals surface area (Å²) in [7, 11) is -2.92. The second-order valence-corrected chi connectivity index (χ2v) is 12.2. The van der Waals surface area contributed by atoms with Crippen molar-refractivity contribution in [2.45, 2.75) is 58.9 Å². The standard InChI is InChI=1S/C21H40N4O2S.HI/c1-5-22-20(23-16-21(2,3)8-13-28(4,26)27)25-11-9-24(10-12-25)19-15-17-6-7-18(19)14-17;/h17-19H,5-16H2,1-4H3,(H,22,23);1H. The summed E-state index contributed by atoms with van der Waals surface area (Å²) in [4.78, 5) is 10.0. The van der Waals surface area contributed by atoms with E-state index in [1.807, 2.05) is 0 Å². The van der Waals surface area contributed by atoms with E-state index in [0.29, 0.717) is 13.0 Å². The maximum Gasteiger partial charge on any atom is 0.194 e. The number of guanidine groups is 1. The third kappa shape index (κ3) is 7.23. The van der Waals surface area contributed by atoms with Gasteiger partial charge in [0.2, 0.25) is 0 Å². The highest BCUT2D eigenvalue weighted by atomic mass is 127. The summed E-state index contributed by atoms with van der Waals surface area (Å²) < 4.78 is 23.0. The Morgan fingerprint density at radius 3 is 2.34 bits per heavy atom. The summed E-state index contributed by atoms with van der Waals surface area (Å²) in [5.74, 6) is 3.17. The minimum Gasteiger partial charge on any atom is -0.357 e. The zero-order valence-corrected chi connectivity index (χ0v) is 21.8. The molecule has 2 saturated carbocycles. The maximum atomic E-state index is 11.5. The Balaban J connectivity index is 0.00000300. The number of halogens is 1. The van der Waals surface area contributed by atoms with Crippen molar-refractivity contribution in [3.8, 4) is 0 Å². The number of nitrogens with zero attached hydrogens (tertiary/aromatic N) is 3. The number of hydrogen-bond donors (Lipinski definition) is 1. The molecule has 0 amide bonds. The van der Waals surface area contributed by atoms with Crippen LogP contribution in [0.15, 0.2) is 4.99 Å². The normalized spacial score (nSPS) is 28.5. The van der Waals surface area contributed by atoms with Gasteiger partial charge in [-0.05, 0) is 49.9 Å². The lowest BCUT2D eigenvalue weighted by Gasteiger charge is -2.42. The second-order valence-electron chi connectivity index (χ2n) is 9.98. The highest BCUT2D eigenvalue weighted by Crippen LogP contribution is 2.46. The van der Waals surface area contributed by atoms with Gasteiger partial charge in [-0.1, -0.05) is 20.3 Å². The molecule has 2 bridgehead atoms. The summed E-state index contributed by atoms with van der Waals surface area (Å²) in [5.41, 5.74) is -0.116. The minimum absolute atomic E-state index is 0. The van der Waals surface area contributed by atoms with Gasteiger partial charge < -0.3 is 10.2 Å². The Morgan fingerprint density at radius 2 is 1.83 bits per heavy atom. The van der Waals surface area contributed by atoms with Gasteiger partial charge in [-0.3, -0.25) is 9.89 Å². The van der Waals surface area contributed by atoms with Crippen LogP contribution in [0.2, 0.25) is 0 Å². The molecule has 29 heavy (non-hydrogen) atoms. The Bertz CT molecular complexity index is 660. The molecular formula is C21H41IN4O2S. The van der Waals surface area contributed by atoms with Crippen LogP contribution in [0.3, 0.4) is 0 Å². The minimum atomic E-state index is -2.92. The van der Waals surface area contributed by atoms with Crippen LogP contribution >= 0.6 is 24.0 Å². The molecule has 3 aliphatic rings. The smallest absolute Gasteiger partial charge is 0.194 e. The van der Waals surface area contributed by atoms with Crippen molar-refractivity contribution in [2.75, 3.05) is 51.3 Å². The second kappa shape index (κ2) is 10.5. The summed E-state index contributed by atoms with van der Waals surface area (Å²) >= 11 is 0. The average molecular weight is 541 g/mol. The molecule has 1 heterocycles. The largest absolute Gasteiger partial charge is 0.357 e. The van der Waals surface area contributed by atoms with Crippen LogP contribution in [0.25, 0.3) is 0 Å². The Kier molecular flexibility index (Phi) is 9.10. The maximum absolute atomic E-state index is 11.5. The zero-order chi connectivity index (χ0) is 20.4. The molecule has 170 valence electrons. The first-order valence-corrected chi connectivity index (χ1v) is 13.2. The number of hydrogen-bond acceptors (Lipinski definition) is 4. The van der Waals surface area contributed by atoms with Crippen LogP contribution in [0.5, 0.6) is 0 Å². The molecule has 1 aliphatic heterocycles. The van der Waals surface area contributed by atoms with E-state index in [9.17, 15) is 8.42 Å². The zero-order valence-electron chi connectivity index (χ0n) is 18.7. The summed E-state index contributed by atoms with van der Waals surface area (Å²) in [6.07, 6.45) is 7.76. The average Bonchev–Trinajstić information content (AvgIpc) is 3.27. The van der Waals surface area contributed by atoms with Gasteiger partial charge >= 0.3 is 0 Å². The Hall–Kier alpha value is -0.0900. The van der Waals surface area contributed by atoms with E-state index in [1.165, 1.54) is 31.9 Å². The van der Waals surface area contributed by atoms with Crippen LogP contribution < -0.4 is 5.32 Å². The molecule has 0 aromatic heterocycles. The van der Waals surface area contributed by atoms with Gasteiger partial charge in [0, 0.05) is 51.6 Å². The first kappa shape index (κ1) is 25.2.